The van der Waals surface area contributed by atoms with Crippen molar-refractivity contribution in [2.24, 2.45) is 0 Å². The van der Waals surface area contributed by atoms with Crippen LogP contribution in [0.5, 0.6) is 0 Å². The molecule has 0 aliphatic heterocycles. The van der Waals surface area contributed by atoms with E-state index in [1.807, 2.05) is 22.7 Å². The number of anilines is 3. The average Bonchev–Trinajstić information content (AvgIpc) is 4.39. The zero-order valence-electron chi connectivity index (χ0n) is 43.7. The maximum Gasteiger partial charge on any atom is 0.0540 e. The van der Waals surface area contributed by atoms with Crippen molar-refractivity contribution in [1.29, 1.82) is 0 Å². The second-order valence-corrected chi connectivity index (χ2v) is 26.2. The Morgan fingerprint density at radius 3 is 1.20 bits per heavy atom. The average molecular weight is 998 g/mol. The van der Waals surface area contributed by atoms with E-state index in [4.69, 9.17) is 0 Å². The number of hydrogen-bond donors (Lipinski definition) is 0. The zero-order chi connectivity index (χ0) is 50.7. The van der Waals surface area contributed by atoms with Gasteiger partial charge in [0.1, 0.15) is 0 Å². The van der Waals surface area contributed by atoms with Crippen LogP contribution in [0.15, 0.2) is 188 Å². The first-order chi connectivity index (χ1) is 36.2. The van der Waals surface area contributed by atoms with Crippen molar-refractivity contribution in [2.45, 2.75) is 77.0 Å². The van der Waals surface area contributed by atoms with E-state index in [9.17, 15) is 0 Å². The SMILES string of the molecule is CC1(C)c2cc(N(c3ccc4c(c3)C(C)(C)c3cc5c(cc3-4)C(C)(C)c3ccc4sc6ccccc6c4c3-5)c3ccccc3-c3ccccc3)ccc2-c2cc3c(cc21)-c1c(ccc2sc4ccccc4c12)C3(C)C. The summed E-state index contributed by atoms with van der Waals surface area (Å²) in [7, 11) is 0. The number of fused-ring (bicyclic) bond motifs is 20. The predicted molar refractivity (Wildman–Crippen MR) is 323 cm³/mol. The third kappa shape index (κ3) is 5.63. The lowest BCUT2D eigenvalue weighted by atomic mass is 9.79. The lowest BCUT2D eigenvalue weighted by molar-refractivity contribution is 0.652. The summed E-state index contributed by atoms with van der Waals surface area (Å²) in [6.07, 6.45) is 0. The molecule has 16 rings (SSSR count). The van der Waals surface area contributed by atoms with Gasteiger partial charge in [-0.25, -0.2) is 0 Å². The van der Waals surface area contributed by atoms with Crippen molar-refractivity contribution >= 4 is 80.1 Å². The minimum absolute atomic E-state index is 0.130. The van der Waals surface area contributed by atoms with Crippen LogP contribution in [0.3, 0.4) is 0 Å². The van der Waals surface area contributed by atoms with E-state index in [1.54, 1.807) is 0 Å². The fourth-order valence-electron chi connectivity index (χ4n) is 14.7. The monoisotopic (exact) mass is 997 g/mol. The molecule has 2 heterocycles. The summed E-state index contributed by atoms with van der Waals surface area (Å²) in [6.45, 7) is 19.6. The van der Waals surface area contributed by atoms with Crippen molar-refractivity contribution < 1.29 is 0 Å². The minimum Gasteiger partial charge on any atom is -0.310 e. The highest BCUT2D eigenvalue weighted by Crippen LogP contribution is 2.62. The van der Waals surface area contributed by atoms with Gasteiger partial charge in [0.25, 0.3) is 0 Å². The molecule has 1 nitrogen and oxygen atoms in total. The Labute approximate surface area is 447 Å². The molecule has 4 aliphatic carbocycles. The van der Waals surface area contributed by atoms with Crippen LogP contribution in [0.25, 0.3) is 96.0 Å². The highest BCUT2D eigenvalue weighted by Gasteiger charge is 2.45. The molecule has 0 radical (unpaired) electrons. The molecule has 0 spiro atoms. The number of para-hydroxylation sites is 1. The van der Waals surface area contributed by atoms with Gasteiger partial charge in [-0.15, -0.1) is 22.7 Å². The topological polar surface area (TPSA) is 3.24 Å². The van der Waals surface area contributed by atoms with E-state index < -0.39 is 0 Å². The molecule has 4 aliphatic rings. The van der Waals surface area contributed by atoms with E-state index >= 15 is 0 Å². The number of hydrogen-bond acceptors (Lipinski definition) is 3. The summed E-state index contributed by atoms with van der Waals surface area (Å²) < 4.78 is 5.45. The van der Waals surface area contributed by atoms with Crippen LogP contribution in [0.4, 0.5) is 17.1 Å². The van der Waals surface area contributed by atoms with Gasteiger partial charge in [0.2, 0.25) is 0 Å². The van der Waals surface area contributed by atoms with E-state index in [0.29, 0.717) is 0 Å². The van der Waals surface area contributed by atoms with E-state index in [2.05, 4.69) is 248 Å². The van der Waals surface area contributed by atoms with Gasteiger partial charge in [0, 0.05) is 78.9 Å². The molecule has 0 unspecified atom stereocenters. The van der Waals surface area contributed by atoms with Crippen LogP contribution >= 0.6 is 22.7 Å². The van der Waals surface area contributed by atoms with Crippen LogP contribution < -0.4 is 4.90 Å². The van der Waals surface area contributed by atoms with E-state index in [0.717, 1.165) is 0 Å². The first kappa shape index (κ1) is 43.8. The zero-order valence-corrected chi connectivity index (χ0v) is 45.3. The van der Waals surface area contributed by atoms with Crippen LogP contribution in [0.1, 0.15) is 99.9 Å². The molecule has 0 fully saturated rings. The Morgan fingerprint density at radius 1 is 0.293 bits per heavy atom. The van der Waals surface area contributed by atoms with Crippen LogP contribution in [-0.4, -0.2) is 0 Å². The van der Waals surface area contributed by atoms with Crippen molar-refractivity contribution in [1.82, 2.24) is 0 Å². The molecule has 0 amide bonds. The maximum absolute atomic E-state index is 2.59. The summed E-state index contributed by atoms with van der Waals surface area (Å²) in [4.78, 5) is 2.55. The standard InChI is InChI=1S/C72H55NS2/c1-69(2)52-30-32-63-67(46-21-13-16-24-61(46)74-63)65(52)50-38-56-48(36-58(50)69)44-28-26-41(34-54(44)71(56,5)6)73(60-23-15-12-20-43(60)40-18-10-9-11-19-40)42-27-29-45-49-37-59-51(39-57(49)72(7,8)55(45)35-42)66-53(70(59,3)4)31-33-64-68(66)47-22-14-17-25-62(47)75-64/h9-39H,1-8H3. The molecule has 0 saturated carbocycles. The molecule has 0 atom stereocenters. The summed E-state index contributed by atoms with van der Waals surface area (Å²) in [5.74, 6) is 0. The quantitative estimate of drug-likeness (QED) is 0.170. The first-order valence-corrected chi connectivity index (χ1v) is 28.4. The Bertz CT molecular complexity index is 4280. The van der Waals surface area contributed by atoms with Gasteiger partial charge in [-0.1, -0.05) is 165 Å². The van der Waals surface area contributed by atoms with E-state index in [1.165, 1.54) is 158 Å². The molecule has 3 heteroatoms. The Hall–Kier alpha value is -7.56. The molecule has 12 aromatic rings. The second kappa shape index (κ2) is 14.6. The molecule has 0 saturated heterocycles. The first-order valence-electron chi connectivity index (χ1n) is 26.7. The van der Waals surface area contributed by atoms with Crippen molar-refractivity contribution in [3.63, 3.8) is 0 Å². The van der Waals surface area contributed by atoms with Gasteiger partial charge in [-0.3, -0.25) is 0 Å². The fraction of sp³-hybridized carbons (Fsp3) is 0.167. The number of rotatable bonds is 4. The highest BCUT2D eigenvalue weighted by atomic mass is 32.1. The molecular formula is C72H55NS2. The number of benzene rings is 10. The summed E-state index contributed by atoms with van der Waals surface area (Å²) in [5, 5.41) is 5.56. The van der Waals surface area contributed by atoms with Crippen molar-refractivity contribution in [2.75, 3.05) is 4.90 Å². The Balaban J connectivity index is 0.861. The summed E-state index contributed by atoms with van der Waals surface area (Å²) in [5.41, 5.74) is 27.5. The second-order valence-electron chi connectivity index (χ2n) is 24.0. The molecule has 2 aromatic heterocycles. The predicted octanol–water partition coefficient (Wildman–Crippen LogP) is 20.8. The van der Waals surface area contributed by atoms with Crippen LogP contribution in [-0.2, 0) is 21.7 Å². The molecule has 0 N–H and O–H groups in total. The molecule has 10 aromatic carbocycles. The Morgan fingerprint density at radius 2 is 0.693 bits per heavy atom. The van der Waals surface area contributed by atoms with Gasteiger partial charge >= 0.3 is 0 Å². The molecule has 75 heavy (non-hydrogen) atoms. The Kier molecular flexibility index (Phi) is 8.55. The van der Waals surface area contributed by atoms with Gasteiger partial charge in [-0.05, 0) is 173 Å². The molecular weight excluding hydrogens is 943 g/mol. The lowest BCUT2D eigenvalue weighted by Crippen LogP contribution is -2.18. The summed E-state index contributed by atoms with van der Waals surface area (Å²) >= 11 is 3.84. The molecule has 360 valence electrons. The summed E-state index contributed by atoms with van der Waals surface area (Å²) in [6, 6.07) is 72.5. The highest BCUT2D eigenvalue weighted by molar-refractivity contribution is 7.26. The fourth-order valence-corrected chi connectivity index (χ4v) is 17.0. The largest absolute Gasteiger partial charge is 0.310 e. The van der Waals surface area contributed by atoms with Gasteiger partial charge in [0.15, 0.2) is 0 Å². The van der Waals surface area contributed by atoms with Crippen molar-refractivity contribution in [3.8, 4) is 55.6 Å². The minimum atomic E-state index is -0.243. The maximum atomic E-state index is 2.59. The van der Waals surface area contributed by atoms with E-state index in [-0.39, 0.29) is 21.7 Å². The third-order valence-corrected chi connectivity index (χ3v) is 20.9. The van der Waals surface area contributed by atoms with Crippen molar-refractivity contribution in [3.05, 3.63) is 233 Å². The molecule has 0 bridgehead atoms. The smallest absolute Gasteiger partial charge is 0.0540 e. The van der Waals surface area contributed by atoms with Crippen LogP contribution in [0, 0.1) is 0 Å². The normalized spacial score (nSPS) is 16.2. The third-order valence-electron chi connectivity index (χ3n) is 18.7. The van der Waals surface area contributed by atoms with Gasteiger partial charge in [0.05, 0.1) is 5.69 Å². The van der Waals surface area contributed by atoms with Crippen LogP contribution in [0.2, 0.25) is 0 Å². The lowest BCUT2D eigenvalue weighted by Gasteiger charge is -2.31. The van der Waals surface area contributed by atoms with Gasteiger partial charge < -0.3 is 4.90 Å². The number of thiophene rings is 2. The van der Waals surface area contributed by atoms with Gasteiger partial charge in [-0.2, -0.15) is 0 Å². The number of nitrogens with zero attached hydrogens (tertiary/aromatic N) is 1.